The van der Waals surface area contributed by atoms with E-state index in [0.717, 1.165) is 34.6 Å². The molecule has 0 bridgehead atoms. The lowest BCUT2D eigenvalue weighted by atomic mass is 9.72. The Bertz CT molecular complexity index is 1420. The van der Waals surface area contributed by atoms with E-state index in [4.69, 9.17) is 28.4 Å². The molecule has 0 N–H and O–H groups in total. The van der Waals surface area contributed by atoms with E-state index in [1.54, 1.807) is 13.8 Å². The molecular weight excluding hydrogens is 644 g/mol. The minimum absolute atomic E-state index is 0.337. The van der Waals surface area contributed by atoms with Crippen molar-refractivity contribution in [1.29, 1.82) is 0 Å². The van der Waals surface area contributed by atoms with E-state index in [9.17, 15) is 38.4 Å². The quantitative estimate of drug-likeness (QED) is 0.204. The van der Waals surface area contributed by atoms with Crippen LogP contribution in [0.1, 0.15) is 89.0 Å². The first-order valence-corrected chi connectivity index (χ1v) is 16.0. The van der Waals surface area contributed by atoms with Gasteiger partial charge in [0, 0.05) is 57.9 Å². The van der Waals surface area contributed by atoms with Gasteiger partial charge in [-0.2, -0.15) is 0 Å². The van der Waals surface area contributed by atoms with Crippen molar-refractivity contribution >= 4 is 47.4 Å². The second-order valence-electron chi connectivity index (χ2n) is 13.5. The van der Waals surface area contributed by atoms with Crippen LogP contribution in [0.25, 0.3) is 0 Å². The summed E-state index contributed by atoms with van der Waals surface area (Å²) in [5.74, 6) is -10.5. The molecule has 0 aromatic carbocycles. The van der Waals surface area contributed by atoms with Gasteiger partial charge in [-0.25, -0.2) is 0 Å². The van der Waals surface area contributed by atoms with Crippen molar-refractivity contribution in [2.75, 3.05) is 0 Å². The monoisotopic (exact) mass is 692 g/mol. The molecule has 2 rings (SSSR count). The van der Waals surface area contributed by atoms with E-state index < -0.39 is 113 Å². The van der Waals surface area contributed by atoms with Crippen molar-refractivity contribution < 1.29 is 66.8 Å². The van der Waals surface area contributed by atoms with Crippen molar-refractivity contribution in [2.24, 2.45) is 23.2 Å². The summed E-state index contributed by atoms with van der Waals surface area (Å²) in [7, 11) is 0. The van der Waals surface area contributed by atoms with E-state index >= 15 is 0 Å². The number of hydrogen-bond acceptors (Lipinski definition) is 14. The van der Waals surface area contributed by atoms with Gasteiger partial charge in [0.2, 0.25) is 6.10 Å². The minimum Gasteiger partial charge on any atom is -0.458 e. The van der Waals surface area contributed by atoms with Crippen LogP contribution in [0.2, 0.25) is 0 Å². The van der Waals surface area contributed by atoms with Crippen LogP contribution < -0.4 is 0 Å². The lowest BCUT2D eigenvalue weighted by Crippen LogP contribution is -2.58. The first-order chi connectivity index (χ1) is 22.4. The Morgan fingerprint density at radius 1 is 0.776 bits per heavy atom. The largest absolute Gasteiger partial charge is 0.458 e. The molecule has 0 saturated heterocycles. The van der Waals surface area contributed by atoms with Crippen LogP contribution in [0, 0.1) is 23.2 Å². The summed E-state index contributed by atoms with van der Waals surface area (Å²) in [6, 6.07) is 0. The predicted molar refractivity (Wildman–Crippen MR) is 170 cm³/mol. The molecule has 0 radical (unpaired) electrons. The molecule has 1 fully saturated rings. The summed E-state index contributed by atoms with van der Waals surface area (Å²) in [5, 5.41) is 0. The third kappa shape index (κ3) is 9.01. The SMILES string of the molecule is C=C1[C@H](OC(C)=O)[C@H]2[C@@H](OC(C)=O)[C@](C)(OC(C)=O)C[C@]2(OC(C)=O)C(=O)[C@H](C)/C=C/C(C)(C)C(=O)[C@H](OC(=O)C(C)CC)[C@H]1OC(C)=O. The fourth-order valence-corrected chi connectivity index (χ4v) is 6.43. The first-order valence-electron chi connectivity index (χ1n) is 16.0. The molecule has 0 spiro atoms. The van der Waals surface area contributed by atoms with E-state index in [1.807, 2.05) is 0 Å². The topological polar surface area (TPSA) is 192 Å². The summed E-state index contributed by atoms with van der Waals surface area (Å²) >= 11 is 0. The zero-order valence-corrected chi connectivity index (χ0v) is 30.0. The van der Waals surface area contributed by atoms with E-state index in [1.165, 1.54) is 39.8 Å². The van der Waals surface area contributed by atoms with Crippen LogP contribution in [-0.4, -0.2) is 83.0 Å². The maximum Gasteiger partial charge on any atom is 0.309 e. The van der Waals surface area contributed by atoms with Crippen molar-refractivity contribution in [3.05, 3.63) is 24.3 Å². The summed E-state index contributed by atoms with van der Waals surface area (Å²) in [6.45, 7) is 18.3. The highest BCUT2D eigenvalue weighted by Crippen LogP contribution is 2.54. The number of fused-ring (bicyclic) bond motifs is 1. The summed E-state index contributed by atoms with van der Waals surface area (Å²) in [6.07, 6.45) is -4.68. The van der Waals surface area contributed by atoms with Crippen LogP contribution >= 0.6 is 0 Å². The second-order valence-corrected chi connectivity index (χ2v) is 13.5. The maximum absolute atomic E-state index is 14.7. The van der Waals surface area contributed by atoms with Crippen LogP contribution in [0.5, 0.6) is 0 Å². The number of Topliss-reactive ketones (excluding diaryl/α,β-unsaturated/α-hetero) is 2. The van der Waals surface area contributed by atoms with Crippen molar-refractivity contribution in [3.63, 3.8) is 0 Å². The maximum atomic E-state index is 14.7. The highest BCUT2D eigenvalue weighted by molar-refractivity contribution is 5.96. The number of ether oxygens (including phenoxy) is 6. The van der Waals surface area contributed by atoms with Gasteiger partial charge >= 0.3 is 35.8 Å². The minimum atomic E-state index is -2.35. The van der Waals surface area contributed by atoms with E-state index in [2.05, 4.69) is 6.58 Å². The molecule has 0 aliphatic heterocycles. The van der Waals surface area contributed by atoms with Gasteiger partial charge in [-0.05, 0) is 27.2 Å². The Morgan fingerprint density at radius 2 is 1.29 bits per heavy atom. The van der Waals surface area contributed by atoms with Gasteiger partial charge in [-0.1, -0.05) is 39.5 Å². The molecule has 2 aliphatic rings. The van der Waals surface area contributed by atoms with Gasteiger partial charge in [-0.3, -0.25) is 38.4 Å². The molecule has 14 nitrogen and oxygen atoms in total. The van der Waals surface area contributed by atoms with Crippen LogP contribution in [0.4, 0.5) is 0 Å². The molecule has 0 aromatic rings. The normalized spacial score (nSPS) is 32.6. The van der Waals surface area contributed by atoms with Gasteiger partial charge in [0.15, 0.2) is 35.0 Å². The molecule has 0 aromatic heterocycles. The number of carbonyl (C=O) groups is 8. The number of allylic oxidation sites excluding steroid dienone is 2. The van der Waals surface area contributed by atoms with E-state index in [0.29, 0.717) is 6.42 Å². The van der Waals surface area contributed by atoms with Gasteiger partial charge in [0.1, 0.15) is 6.10 Å². The van der Waals surface area contributed by atoms with Crippen LogP contribution in [-0.2, 0) is 66.8 Å². The molecule has 14 heteroatoms. The van der Waals surface area contributed by atoms with Crippen molar-refractivity contribution in [3.8, 4) is 0 Å². The number of carbonyl (C=O) groups excluding carboxylic acids is 8. The molecule has 9 atom stereocenters. The fourth-order valence-electron chi connectivity index (χ4n) is 6.43. The molecular formula is C35H48O14. The third-order valence-electron chi connectivity index (χ3n) is 8.78. The van der Waals surface area contributed by atoms with Crippen LogP contribution in [0.3, 0.4) is 0 Å². The van der Waals surface area contributed by atoms with Crippen molar-refractivity contribution in [2.45, 2.75) is 125 Å². The molecule has 1 saturated carbocycles. The summed E-state index contributed by atoms with van der Waals surface area (Å²) in [5.41, 5.74) is -6.09. The van der Waals surface area contributed by atoms with Crippen molar-refractivity contribution in [1.82, 2.24) is 0 Å². The molecule has 1 unspecified atom stereocenters. The molecule has 0 amide bonds. The molecule has 0 heterocycles. The first kappa shape index (κ1) is 40.8. The Hall–Kier alpha value is -4.36. The molecule has 49 heavy (non-hydrogen) atoms. The number of esters is 6. The zero-order valence-electron chi connectivity index (χ0n) is 30.0. The number of ketones is 2. The van der Waals surface area contributed by atoms with Gasteiger partial charge in [0.05, 0.1) is 11.8 Å². The van der Waals surface area contributed by atoms with E-state index in [-0.39, 0.29) is 5.57 Å². The smallest absolute Gasteiger partial charge is 0.309 e. The Morgan fingerprint density at radius 3 is 1.76 bits per heavy atom. The number of rotatable bonds is 8. The van der Waals surface area contributed by atoms with Gasteiger partial charge in [-0.15, -0.1) is 0 Å². The Kier molecular flexibility index (Phi) is 12.9. The van der Waals surface area contributed by atoms with Gasteiger partial charge < -0.3 is 28.4 Å². The average molecular weight is 693 g/mol. The average Bonchev–Trinajstić information content (AvgIpc) is 3.19. The molecule has 2 aliphatic carbocycles. The lowest BCUT2D eigenvalue weighted by Gasteiger charge is -2.42. The summed E-state index contributed by atoms with van der Waals surface area (Å²) in [4.78, 5) is 106. The highest BCUT2D eigenvalue weighted by atomic mass is 16.6. The Balaban J connectivity index is 3.21. The third-order valence-corrected chi connectivity index (χ3v) is 8.78. The fraction of sp³-hybridized carbons (Fsp3) is 0.657. The summed E-state index contributed by atoms with van der Waals surface area (Å²) < 4.78 is 34.4. The predicted octanol–water partition coefficient (Wildman–Crippen LogP) is 3.31. The standard InChI is InChI=1S/C35H48O14/c1-13-17(2)32(43)47-28-27(45-21(6)37)19(4)26(44-20(5)36)25-31(46-22(7)38)34(12,48-23(8)39)16-35(25,49-24(9)40)29(41)18(3)14-15-33(10,11)30(28)42/h14-15,17-18,25-28,31H,4,13,16H2,1-3,5-12H3/b15-14+/t17?,18-,25+,26+,27+,28-,31-,34-,35-/m1/s1. The second kappa shape index (κ2) is 15.5. The highest BCUT2D eigenvalue weighted by Gasteiger charge is 2.72. The number of hydrogen-bond donors (Lipinski definition) is 0. The lowest BCUT2D eigenvalue weighted by molar-refractivity contribution is -0.191. The van der Waals surface area contributed by atoms with Crippen LogP contribution in [0.15, 0.2) is 24.3 Å². The zero-order chi connectivity index (χ0) is 37.8. The Labute approximate surface area is 286 Å². The van der Waals surface area contributed by atoms with Gasteiger partial charge in [0.25, 0.3) is 0 Å². The molecule has 272 valence electrons.